The molecule has 0 bridgehead atoms. The second kappa shape index (κ2) is 6.83. The number of H-pyrrole nitrogens is 1. The average molecular weight is 388 g/mol. The quantitative estimate of drug-likeness (QED) is 0.485. The van der Waals surface area contributed by atoms with Crippen molar-refractivity contribution in [2.75, 3.05) is 10.6 Å². The lowest BCUT2D eigenvalue weighted by Gasteiger charge is -2.10. The highest BCUT2D eigenvalue weighted by Gasteiger charge is 2.30. The molecule has 28 heavy (non-hydrogen) atoms. The third kappa shape index (κ3) is 3.59. The second-order valence-electron chi connectivity index (χ2n) is 6.02. The number of nitrogens with zero attached hydrogens (tertiary/aromatic N) is 5. The Morgan fingerprint density at radius 3 is 2.79 bits per heavy atom. The summed E-state index contributed by atoms with van der Waals surface area (Å²) in [6.07, 6.45) is -1.40. The molecule has 0 aliphatic rings. The number of rotatable bonds is 5. The number of benzene rings is 1. The zero-order valence-electron chi connectivity index (χ0n) is 14.6. The summed E-state index contributed by atoms with van der Waals surface area (Å²) in [6.45, 7) is 0.166. The first-order valence-corrected chi connectivity index (χ1v) is 8.26. The van der Waals surface area contributed by atoms with E-state index in [0.29, 0.717) is 28.5 Å². The van der Waals surface area contributed by atoms with Crippen LogP contribution in [0.15, 0.2) is 42.9 Å². The first kappa shape index (κ1) is 17.8. The number of anilines is 3. The van der Waals surface area contributed by atoms with Crippen molar-refractivity contribution in [3.63, 3.8) is 0 Å². The molecule has 4 aromatic rings. The van der Waals surface area contributed by atoms with E-state index in [9.17, 15) is 13.2 Å². The molecule has 0 amide bonds. The fraction of sp³-hybridized carbons (Fsp3) is 0.176. The molecule has 3 aromatic heterocycles. The van der Waals surface area contributed by atoms with Crippen LogP contribution in [0, 0.1) is 0 Å². The number of aromatic amines is 1. The summed E-state index contributed by atoms with van der Waals surface area (Å²) >= 11 is 0. The maximum atomic E-state index is 12.9. The third-order valence-corrected chi connectivity index (χ3v) is 4.07. The molecular formula is C17H15F3N8. The second-order valence-corrected chi connectivity index (χ2v) is 6.02. The van der Waals surface area contributed by atoms with Crippen LogP contribution in [0.1, 0.15) is 11.1 Å². The number of hydrogen-bond donors (Lipinski definition) is 3. The van der Waals surface area contributed by atoms with Gasteiger partial charge in [-0.3, -0.25) is 4.68 Å². The van der Waals surface area contributed by atoms with Crippen molar-refractivity contribution in [2.24, 2.45) is 7.05 Å². The molecule has 0 aliphatic heterocycles. The fourth-order valence-corrected chi connectivity index (χ4v) is 2.68. The highest BCUT2D eigenvalue weighted by Crippen LogP contribution is 2.30. The molecule has 0 spiro atoms. The predicted molar refractivity (Wildman–Crippen MR) is 96.9 cm³/mol. The number of aromatic nitrogens is 6. The molecule has 0 atom stereocenters. The van der Waals surface area contributed by atoms with E-state index in [2.05, 4.69) is 35.7 Å². The zero-order valence-corrected chi connectivity index (χ0v) is 14.6. The lowest BCUT2D eigenvalue weighted by atomic mass is 10.1. The number of hydrogen-bond acceptors (Lipinski definition) is 6. The van der Waals surface area contributed by atoms with Gasteiger partial charge in [0.2, 0.25) is 5.95 Å². The Morgan fingerprint density at radius 1 is 1.18 bits per heavy atom. The molecule has 0 radical (unpaired) electrons. The van der Waals surface area contributed by atoms with Crippen LogP contribution < -0.4 is 10.6 Å². The van der Waals surface area contributed by atoms with Gasteiger partial charge in [-0.1, -0.05) is 12.1 Å². The van der Waals surface area contributed by atoms with Crippen LogP contribution in [0.5, 0.6) is 0 Å². The van der Waals surface area contributed by atoms with E-state index in [0.717, 1.165) is 18.0 Å². The van der Waals surface area contributed by atoms with E-state index in [1.165, 1.54) is 12.4 Å². The number of nitrogens with one attached hydrogen (secondary N) is 3. The van der Waals surface area contributed by atoms with Gasteiger partial charge in [0.15, 0.2) is 11.5 Å². The summed E-state index contributed by atoms with van der Waals surface area (Å²) in [5.41, 5.74) is 0.753. The van der Waals surface area contributed by atoms with Crippen molar-refractivity contribution in [2.45, 2.75) is 12.7 Å². The lowest BCUT2D eigenvalue weighted by molar-refractivity contribution is -0.137. The smallest absolute Gasteiger partial charge is 0.364 e. The molecular weight excluding hydrogens is 373 g/mol. The Kier molecular flexibility index (Phi) is 4.34. The van der Waals surface area contributed by atoms with Crippen LogP contribution in [-0.4, -0.2) is 29.7 Å². The minimum atomic E-state index is -4.38. The van der Waals surface area contributed by atoms with Crippen LogP contribution >= 0.6 is 0 Å². The van der Waals surface area contributed by atoms with Crippen LogP contribution in [0.3, 0.4) is 0 Å². The highest BCUT2D eigenvalue weighted by molar-refractivity contribution is 5.84. The summed E-state index contributed by atoms with van der Waals surface area (Å²) in [6, 6.07) is 6.92. The van der Waals surface area contributed by atoms with E-state index in [-0.39, 0.29) is 6.54 Å². The van der Waals surface area contributed by atoms with Crippen LogP contribution in [0.2, 0.25) is 0 Å². The highest BCUT2D eigenvalue weighted by atomic mass is 19.4. The molecule has 0 aliphatic carbocycles. The van der Waals surface area contributed by atoms with Crippen molar-refractivity contribution in [1.29, 1.82) is 0 Å². The van der Waals surface area contributed by atoms with Crippen LogP contribution in [0.4, 0.5) is 30.8 Å². The minimum absolute atomic E-state index is 0.166. The Bertz CT molecular complexity index is 1110. The predicted octanol–water partition coefficient (Wildman–Crippen LogP) is 3.46. The standard InChI is InChI=1S/C17H15F3N8/c1-28-12(5-6-24-28)25-16-26-13-14(22-9-23-15(13)27-16)21-8-10-3-2-4-11(7-10)17(18,19)20/h2-7,9H,8H2,1H3,(H3,21,22,23,25,26,27). The normalized spacial score (nSPS) is 11.7. The zero-order chi connectivity index (χ0) is 19.7. The minimum Gasteiger partial charge on any atom is -0.364 e. The number of halogens is 3. The van der Waals surface area contributed by atoms with Crippen LogP contribution in [-0.2, 0) is 19.8 Å². The Balaban J connectivity index is 1.55. The molecule has 0 fully saturated rings. The maximum Gasteiger partial charge on any atom is 0.416 e. The molecule has 0 saturated carbocycles. The maximum absolute atomic E-state index is 12.9. The van der Waals surface area contributed by atoms with E-state index in [1.54, 1.807) is 30.1 Å². The third-order valence-electron chi connectivity index (χ3n) is 4.07. The molecule has 1 aromatic carbocycles. The van der Waals surface area contributed by atoms with Gasteiger partial charge in [-0.25, -0.2) is 9.97 Å². The lowest BCUT2D eigenvalue weighted by Crippen LogP contribution is -2.07. The van der Waals surface area contributed by atoms with E-state index < -0.39 is 11.7 Å². The summed E-state index contributed by atoms with van der Waals surface area (Å²) in [7, 11) is 1.78. The Morgan fingerprint density at radius 2 is 2.04 bits per heavy atom. The molecule has 0 unspecified atom stereocenters. The van der Waals surface area contributed by atoms with Crippen molar-refractivity contribution in [3.05, 3.63) is 54.0 Å². The van der Waals surface area contributed by atoms with Crippen molar-refractivity contribution >= 4 is 28.7 Å². The van der Waals surface area contributed by atoms with Gasteiger partial charge >= 0.3 is 6.18 Å². The van der Waals surface area contributed by atoms with Gasteiger partial charge in [-0.05, 0) is 17.7 Å². The van der Waals surface area contributed by atoms with E-state index in [1.807, 2.05) is 0 Å². The molecule has 8 nitrogen and oxygen atoms in total. The van der Waals surface area contributed by atoms with Gasteiger partial charge in [0.05, 0.1) is 11.8 Å². The summed E-state index contributed by atoms with van der Waals surface area (Å²) in [4.78, 5) is 15.7. The number of aryl methyl sites for hydroxylation is 1. The van der Waals surface area contributed by atoms with Crippen molar-refractivity contribution < 1.29 is 13.2 Å². The summed E-state index contributed by atoms with van der Waals surface area (Å²) in [5, 5.41) is 10.2. The molecule has 3 N–H and O–H groups in total. The van der Waals surface area contributed by atoms with Gasteiger partial charge in [0.25, 0.3) is 0 Å². The first-order valence-electron chi connectivity index (χ1n) is 8.26. The molecule has 0 saturated heterocycles. The fourth-order valence-electron chi connectivity index (χ4n) is 2.68. The number of imidazole rings is 1. The van der Waals surface area contributed by atoms with Crippen LogP contribution in [0.25, 0.3) is 11.2 Å². The monoisotopic (exact) mass is 388 g/mol. The SMILES string of the molecule is Cn1nccc1Nc1nc2ncnc(NCc3cccc(C(F)(F)F)c3)c2[nH]1. The van der Waals surface area contributed by atoms with Crippen molar-refractivity contribution in [1.82, 2.24) is 29.7 Å². The summed E-state index contributed by atoms with van der Waals surface area (Å²) in [5.74, 6) is 1.61. The van der Waals surface area contributed by atoms with Gasteiger partial charge in [0, 0.05) is 19.7 Å². The number of alkyl halides is 3. The largest absolute Gasteiger partial charge is 0.416 e. The van der Waals surface area contributed by atoms with Gasteiger partial charge in [-0.2, -0.15) is 23.3 Å². The molecule has 144 valence electrons. The van der Waals surface area contributed by atoms with Gasteiger partial charge in [-0.15, -0.1) is 0 Å². The van der Waals surface area contributed by atoms with Gasteiger partial charge < -0.3 is 15.6 Å². The van der Waals surface area contributed by atoms with E-state index in [4.69, 9.17) is 0 Å². The van der Waals surface area contributed by atoms with E-state index >= 15 is 0 Å². The van der Waals surface area contributed by atoms with Crippen molar-refractivity contribution in [3.8, 4) is 0 Å². The Labute approximate surface area is 156 Å². The topological polar surface area (TPSA) is 96.3 Å². The number of fused-ring (bicyclic) bond motifs is 1. The molecule has 11 heteroatoms. The molecule has 3 heterocycles. The van der Waals surface area contributed by atoms with Gasteiger partial charge in [0.1, 0.15) is 17.7 Å². The average Bonchev–Trinajstić information content (AvgIpc) is 3.26. The first-order chi connectivity index (χ1) is 13.4. The Hall–Kier alpha value is -3.63. The molecule has 4 rings (SSSR count). The summed E-state index contributed by atoms with van der Waals surface area (Å²) < 4.78 is 40.2.